The van der Waals surface area contributed by atoms with Crippen LogP contribution in [0.1, 0.15) is 50.3 Å². The molecule has 5 heteroatoms. The summed E-state index contributed by atoms with van der Waals surface area (Å²) >= 11 is 0. The first-order valence-electron chi connectivity index (χ1n) is 11.5. The Morgan fingerprint density at radius 3 is 2.22 bits per heavy atom. The number of imide groups is 1. The standard InChI is InChI=1S/C27H32N2O3/c1-17(2)32-22-11-9-21(10-12-22)24-25(28-15-13-18(3)14-16-28)27(31)29(26(24)30)23-8-6-7-19(4)20(23)5/h6-12,17-18H,13-16H2,1-5H3. The molecule has 4 rings (SSSR count). The van der Waals surface area contributed by atoms with Crippen molar-refractivity contribution in [2.45, 2.75) is 53.6 Å². The molecule has 1 fully saturated rings. The molecule has 0 unspecified atom stereocenters. The molecule has 0 radical (unpaired) electrons. The van der Waals surface area contributed by atoms with Crippen LogP contribution in [0.4, 0.5) is 5.69 Å². The lowest BCUT2D eigenvalue weighted by Crippen LogP contribution is -2.38. The van der Waals surface area contributed by atoms with Crippen molar-refractivity contribution in [3.63, 3.8) is 0 Å². The van der Waals surface area contributed by atoms with Gasteiger partial charge in [0.05, 0.1) is 17.4 Å². The van der Waals surface area contributed by atoms with Crippen molar-refractivity contribution < 1.29 is 14.3 Å². The van der Waals surface area contributed by atoms with E-state index in [1.165, 1.54) is 4.90 Å². The lowest BCUT2D eigenvalue weighted by atomic mass is 9.97. The topological polar surface area (TPSA) is 49.9 Å². The molecule has 2 amide bonds. The van der Waals surface area contributed by atoms with Gasteiger partial charge in [-0.1, -0.05) is 31.2 Å². The number of nitrogens with zero attached hydrogens (tertiary/aromatic N) is 2. The molecular weight excluding hydrogens is 400 g/mol. The third-order valence-electron chi connectivity index (χ3n) is 6.49. The van der Waals surface area contributed by atoms with Gasteiger partial charge in [0.15, 0.2) is 0 Å². The first-order chi connectivity index (χ1) is 15.3. The molecule has 2 aliphatic heterocycles. The van der Waals surface area contributed by atoms with Crippen molar-refractivity contribution in [1.29, 1.82) is 0 Å². The van der Waals surface area contributed by atoms with Crippen LogP contribution in [0.5, 0.6) is 5.75 Å². The number of rotatable bonds is 5. The summed E-state index contributed by atoms with van der Waals surface area (Å²) in [6.07, 6.45) is 2.10. The molecule has 5 nitrogen and oxygen atoms in total. The summed E-state index contributed by atoms with van der Waals surface area (Å²) in [5.74, 6) is 0.900. The molecule has 2 aromatic rings. The van der Waals surface area contributed by atoms with Crippen LogP contribution >= 0.6 is 0 Å². The van der Waals surface area contributed by atoms with Gasteiger partial charge in [-0.3, -0.25) is 9.59 Å². The lowest BCUT2D eigenvalue weighted by molar-refractivity contribution is -0.120. The van der Waals surface area contributed by atoms with Crippen LogP contribution in [0.3, 0.4) is 0 Å². The van der Waals surface area contributed by atoms with Crippen molar-refractivity contribution in [2.24, 2.45) is 5.92 Å². The molecule has 0 N–H and O–H groups in total. The molecule has 2 heterocycles. The van der Waals surface area contributed by atoms with Gasteiger partial charge in [-0.05, 0) is 81.3 Å². The van der Waals surface area contributed by atoms with Gasteiger partial charge in [-0.25, -0.2) is 4.90 Å². The zero-order chi connectivity index (χ0) is 23.0. The lowest BCUT2D eigenvalue weighted by Gasteiger charge is -2.32. The van der Waals surface area contributed by atoms with Gasteiger partial charge in [-0.15, -0.1) is 0 Å². The summed E-state index contributed by atoms with van der Waals surface area (Å²) in [7, 11) is 0. The molecular formula is C27H32N2O3. The first-order valence-corrected chi connectivity index (χ1v) is 11.5. The zero-order valence-corrected chi connectivity index (χ0v) is 19.6. The average Bonchev–Trinajstić information content (AvgIpc) is 3.01. The summed E-state index contributed by atoms with van der Waals surface area (Å²) in [6.45, 7) is 11.7. The number of aryl methyl sites for hydroxylation is 1. The van der Waals surface area contributed by atoms with Gasteiger partial charge in [0.25, 0.3) is 11.8 Å². The van der Waals surface area contributed by atoms with Crippen molar-refractivity contribution >= 4 is 23.1 Å². The van der Waals surface area contributed by atoms with Gasteiger partial charge >= 0.3 is 0 Å². The van der Waals surface area contributed by atoms with E-state index in [4.69, 9.17) is 4.74 Å². The number of benzene rings is 2. The van der Waals surface area contributed by atoms with Gasteiger partial charge in [0.2, 0.25) is 0 Å². The Morgan fingerprint density at radius 1 is 0.938 bits per heavy atom. The highest BCUT2D eigenvalue weighted by molar-refractivity contribution is 6.45. The van der Waals surface area contributed by atoms with E-state index in [9.17, 15) is 9.59 Å². The van der Waals surface area contributed by atoms with Gasteiger partial charge in [0.1, 0.15) is 11.4 Å². The number of carbonyl (C=O) groups is 2. The Bertz CT molecular complexity index is 1060. The van der Waals surface area contributed by atoms with Crippen LogP contribution in [0, 0.1) is 19.8 Å². The van der Waals surface area contributed by atoms with E-state index >= 15 is 0 Å². The predicted octanol–water partition coefficient (Wildman–Crippen LogP) is 5.11. The maximum atomic E-state index is 13.7. The van der Waals surface area contributed by atoms with Crippen LogP contribution < -0.4 is 9.64 Å². The number of piperidine rings is 1. The molecule has 2 aromatic carbocycles. The highest BCUT2D eigenvalue weighted by Crippen LogP contribution is 2.38. The van der Waals surface area contributed by atoms with Crippen LogP contribution in [0.15, 0.2) is 48.2 Å². The molecule has 32 heavy (non-hydrogen) atoms. The number of ether oxygens (including phenoxy) is 1. The Morgan fingerprint density at radius 2 is 1.59 bits per heavy atom. The smallest absolute Gasteiger partial charge is 0.282 e. The van der Waals surface area contributed by atoms with Crippen molar-refractivity contribution in [3.8, 4) is 5.75 Å². The Balaban J connectivity index is 1.79. The Labute approximate surface area is 190 Å². The fraction of sp³-hybridized carbons (Fsp3) is 0.407. The molecule has 0 aliphatic carbocycles. The highest BCUT2D eigenvalue weighted by atomic mass is 16.5. The second-order valence-corrected chi connectivity index (χ2v) is 9.25. The summed E-state index contributed by atoms with van der Waals surface area (Å²) in [5, 5.41) is 0. The van der Waals surface area contributed by atoms with Crippen LogP contribution in [-0.4, -0.2) is 35.9 Å². The fourth-order valence-electron chi connectivity index (χ4n) is 4.47. The van der Waals surface area contributed by atoms with E-state index in [0.29, 0.717) is 22.9 Å². The van der Waals surface area contributed by atoms with E-state index in [2.05, 4.69) is 11.8 Å². The molecule has 0 aromatic heterocycles. The number of hydrogen-bond acceptors (Lipinski definition) is 4. The summed E-state index contributed by atoms with van der Waals surface area (Å²) < 4.78 is 5.77. The SMILES string of the molecule is Cc1cccc(N2C(=O)C(c3ccc(OC(C)C)cc3)=C(N3CCC(C)CC3)C2=O)c1C. The maximum absolute atomic E-state index is 13.7. The molecule has 168 valence electrons. The van der Waals surface area contributed by atoms with Crippen molar-refractivity contribution in [3.05, 3.63) is 64.9 Å². The van der Waals surface area contributed by atoms with E-state index in [1.807, 2.05) is 70.2 Å². The second-order valence-electron chi connectivity index (χ2n) is 9.25. The maximum Gasteiger partial charge on any atom is 0.282 e. The Kier molecular flexibility index (Phi) is 6.09. The second kappa shape index (κ2) is 8.81. The number of likely N-dealkylation sites (tertiary alicyclic amines) is 1. The van der Waals surface area contributed by atoms with Crippen molar-refractivity contribution in [2.75, 3.05) is 18.0 Å². The van der Waals surface area contributed by atoms with Gasteiger partial charge in [-0.2, -0.15) is 0 Å². The molecule has 0 saturated carbocycles. The van der Waals surface area contributed by atoms with Crippen LogP contribution in [0.2, 0.25) is 0 Å². The average molecular weight is 433 g/mol. The van der Waals surface area contributed by atoms with Crippen LogP contribution in [-0.2, 0) is 9.59 Å². The molecule has 0 spiro atoms. The van der Waals surface area contributed by atoms with Crippen molar-refractivity contribution in [1.82, 2.24) is 4.90 Å². The largest absolute Gasteiger partial charge is 0.491 e. The van der Waals surface area contributed by atoms with E-state index in [1.54, 1.807) is 0 Å². The minimum atomic E-state index is -0.255. The molecule has 2 aliphatic rings. The van der Waals surface area contributed by atoms with E-state index in [-0.39, 0.29) is 17.9 Å². The number of amides is 2. The molecule has 0 atom stereocenters. The monoisotopic (exact) mass is 432 g/mol. The third-order valence-corrected chi connectivity index (χ3v) is 6.49. The Hall–Kier alpha value is -3.08. The minimum Gasteiger partial charge on any atom is -0.491 e. The summed E-state index contributed by atoms with van der Waals surface area (Å²) in [6, 6.07) is 13.3. The van der Waals surface area contributed by atoms with E-state index < -0.39 is 0 Å². The van der Waals surface area contributed by atoms with Gasteiger partial charge in [0, 0.05) is 13.1 Å². The minimum absolute atomic E-state index is 0.0699. The molecule has 1 saturated heterocycles. The number of carbonyl (C=O) groups excluding carboxylic acids is 2. The fourth-order valence-corrected chi connectivity index (χ4v) is 4.47. The number of hydrogen-bond donors (Lipinski definition) is 0. The predicted molar refractivity (Wildman–Crippen MR) is 128 cm³/mol. The zero-order valence-electron chi connectivity index (χ0n) is 19.6. The number of anilines is 1. The van der Waals surface area contributed by atoms with Crippen LogP contribution in [0.25, 0.3) is 5.57 Å². The summed E-state index contributed by atoms with van der Waals surface area (Å²) in [4.78, 5) is 31.0. The third kappa shape index (κ3) is 4.04. The summed E-state index contributed by atoms with van der Waals surface area (Å²) in [5.41, 5.74) is 4.43. The van der Waals surface area contributed by atoms with Gasteiger partial charge < -0.3 is 9.64 Å². The quantitative estimate of drug-likeness (QED) is 0.617. The molecule has 0 bridgehead atoms. The van der Waals surface area contributed by atoms with E-state index in [0.717, 1.165) is 48.4 Å². The normalized spacial score (nSPS) is 17.7. The highest BCUT2D eigenvalue weighted by Gasteiger charge is 2.43. The first kappa shape index (κ1) is 22.1.